The van der Waals surface area contributed by atoms with Gasteiger partial charge in [0.15, 0.2) is 0 Å². The van der Waals surface area contributed by atoms with Gasteiger partial charge in [-0.25, -0.2) is 9.97 Å². The predicted octanol–water partition coefficient (Wildman–Crippen LogP) is 0.841. The van der Waals surface area contributed by atoms with E-state index in [0.717, 1.165) is 44.4 Å². The number of morpholine rings is 1. The van der Waals surface area contributed by atoms with Gasteiger partial charge in [0, 0.05) is 31.2 Å². The van der Waals surface area contributed by atoms with Crippen molar-refractivity contribution in [2.45, 2.75) is 31.3 Å². The number of aromatic nitrogens is 2. The van der Waals surface area contributed by atoms with Crippen LogP contribution in [0.4, 0.5) is 11.6 Å². The molecule has 3 N–H and O–H groups in total. The van der Waals surface area contributed by atoms with Crippen molar-refractivity contribution in [3.8, 4) is 0 Å². The van der Waals surface area contributed by atoms with E-state index in [0.29, 0.717) is 12.1 Å². The van der Waals surface area contributed by atoms with E-state index < -0.39 is 0 Å². The van der Waals surface area contributed by atoms with E-state index in [2.05, 4.69) is 25.9 Å². The summed E-state index contributed by atoms with van der Waals surface area (Å²) in [4.78, 5) is 8.46. The molecule has 1 aromatic heterocycles. The Balaban J connectivity index is 1.43. The summed E-state index contributed by atoms with van der Waals surface area (Å²) in [6.07, 6.45) is 5.14. The molecule has 2 heterocycles. The minimum atomic E-state index is 0.451. The molecule has 3 rings (SSSR count). The molecule has 0 radical (unpaired) electrons. The number of nitrogens with zero attached hydrogens (tertiary/aromatic N) is 2. The van der Waals surface area contributed by atoms with Crippen molar-refractivity contribution in [3.05, 3.63) is 12.4 Å². The minimum Gasteiger partial charge on any atom is -0.379 e. The largest absolute Gasteiger partial charge is 0.379 e. The second kappa shape index (κ2) is 6.16. The fourth-order valence-corrected chi connectivity index (χ4v) is 2.15. The summed E-state index contributed by atoms with van der Waals surface area (Å²) in [7, 11) is 0. The van der Waals surface area contributed by atoms with Gasteiger partial charge in [-0.3, -0.25) is 0 Å². The fraction of sp³-hybridized carbons (Fsp3) is 0.692. The molecular weight excluding hydrogens is 242 g/mol. The van der Waals surface area contributed by atoms with Crippen LogP contribution in [0.3, 0.4) is 0 Å². The lowest BCUT2D eigenvalue weighted by Crippen LogP contribution is -2.42. The number of ether oxygens (including phenoxy) is 1. The van der Waals surface area contributed by atoms with Crippen molar-refractivity contribution in [3.63, 3.8) is 0 Å². The molecule has 6 nitrogen and oxygen atoms in total. The van der Waals surface area contributed by atoms with E-state index in [1.165, 1.54) is 12.8 Å². The van der Waals surface area contributed by atoms with Gasteiger partial charge in [0.1, 0.15) is 18.0 Å². The minimum absolute atomic E-state index is 0.451. The maximum absolute atomic E-state index is 5.43. The van der Waals surface area contributed by atoms with Crippen LogP contribution in [0.15, 0.2) is 12.4 Å². The third kappa shape index (κ3) is 4.04. The van der Waals surface area contributed by atoms with E-state index >= 15 is 0 Å². The smallest absolute Gasteiger partial charge is 0.131 e. The molecule has 1 saturated carbocycles. The Hall–Kier alpha value is -1.40. The fourth-order valence-electron chi connectivity index (χ4n) is 2.15. The van der Waals surface area contributed by atoms with Crippen molar-refractivity contribution < 1.29 is 4.74 Å². The van der Waals surface area contributed by atoms with Crippen LogP contribution >= 0.6 is 0 Å². The number of hydrogen-bond acceptors (Lipinski definition) is 6. The highest BCUT2D eigenvalue weighted by Gasteiger charge is 2.21. The van der Waals surface area contributed by atoms with Crippen molar-refractivity contribution in [2.75, 3.05) is 36.9 Å². The van der Waals surface area contributed by atoms with Crippen LogP contribution in [0, 0.1) is 0 Å². The van der Waals surface area contributed by atoms with Crippen LogP contribution in [0.1, 0.15) is 19.3 Å². The molecule has 2 fully saturated rings. The van der Waals surface area contributed by atoms with E-state index in [1.807, 2.05) is 6.07 Å². The molecule has 2 aliphatic rings. The molecular formula is C13H21N5O. The first-order valence-electron chi connectivity index (χ1n) is 7.04. The molecule has 0 bridgehead atoms. The Labute approximate surface area is 113 Å². The highest BCUT2D eigenvalue weighted by molar-refractivity contribution is 5.47. The van der Waals surface area contributed by atoms with Gasteiger partial charge in [-0.05, 0) is 19.3 Å². The summed E-state index contributed by atoms with van der Waals surface area (Å²) in [5.41, 5.74) is 0. The average Bonchev–Trinajstić information content (AvgIpc) is 3.24. The molecule has 1 atom stereocenters. The number of hydrogen-bond donors (Lipinski definition) is 3. The van der Waals surface area contributed by atoms with Gasteiger partial charge in [0.2, 0.25) is 0 Å². The highest BCUT2D eigenvalue weighted by Crippen LogP contribution is 2.24. The van der Waals surface area contributed by atoms with Gasteiger partial charge in [0.05, 0.1) is 13.2 Å². The van der Waals surface area contributed by atoms with Crippen LogP contribution in [0.25, 0.3) is 0 Å². The first kappa shape index (κ1) is 12.6. The van der Waals surface area contributed by atoms with E-state index in [4.69, 9.17) is 4.74 Å². The first-order valence-corrected chi connectivity index (χ1v) is 7.04. The lowest BCUT2D eigenvalue weighted by atomic mass is 10.2. The second-order valence-corrected chi connectivity index (χ2v) is 5.15. The van der Waals surface area contributed by atoms with Gasteiger partial charge in [0.25, 0.3) is 0 Å². The molecule has 1 aromatic rings. The summed E-state index contributed by atoms with van der Waals surface area (Å²) in [6, 6.07) is 3.04. The van der Waals surface area contributed by atoms with Gasteiger partial charge in [-0.15, -0.1) is 0 Å². The Bertz CT molecular complexity index is 404. The van der Waals surface area contributed by atoms with Crippen molar-refractivity contribution >= 4 is 11.6 Å². The first-order chi connectivity index (χ1) is 9.40. The molecule has 6 heteroatoms. The standard InChI is InChI=1S/C13H21N5O/c1-2-10(1)18-13-7-12(16-9-17-13)15-4-3-11-8-19-6-5-14-11/h7,9-11,14H,1-6,8H2,(H2,15,16,17,18). The Morgan fingerprint density at radius 2 is 2.21 bits per heavy atom. The molecule has 0 aromatic carbocycles. The van der Waals surface area contributed by atoms with Crippen molar-refractivity contribution in [2.24, 2.45) is 0 Å². The summed E-state index contributed by atoms with van der Waals surface area (Å²) in [6.45, 7) is 3.47. The number of rotatable bonds is 6. The maximum atomic E-state index is 5.43. The average molecular weight is 263 g/mol. The Morgan fingerprint density at radius 3 is 3.00 bits per heavy atom. The Kier molecular flexibility index (Phi) is 4.10. The molecule has 0 spiro atoms. The highest BCUT2D eigenvalue weighted by atomic mass is 16.5. The predicted molar refractivity (Wildman–Crippen MR) is 74.4 cm³/mol. The van der Waals surface area contributed by atoms with Gasteiger partial charge in [-0.1, -0.05) is 0 Å². The second-order valence-electron chi connectivity index (χ2n) is 5.15. The molecule has 104 valence electrons. The van der Waals surface area contributed by atoms with Crippen LogP contribution in [-0.2, 0) is 4.74 Å². The molecule has 1 unspecified atom stereocenters. The molecule has 19 heavy (non-hydrogen) atoms. The zero-order chi connectivity index (χ0) is 12.9. The van der Waals surface area contributed by atoms with Crippen LogP contribution in [0.5, 0.6) is 0 Å². The summed E-state index contributed by atoms with van der Waals surface area (Å²) in [5.74, 6) is 1.80. The van der Waals surface area contributed by atoms with Crippen LogP contribution < -0.4 is 16.0 Å². The topological polar surface area (TPSA) is 71.1 Å². The van der Waals surface area contributed by atoms with Crippen molar-refractivity contribution in [1.29, 1.82) is 0 Å². The summed E-state index contributed by atoms with van der Waals surface area (Å²) in [5, 5.41) is 10.2. The third-order valence-corrected chi connectivity index (χ3v) is 3.39. The van der Waals surface area contributed by atoms with Gasteiger partial charge >= 0.3 is 0 Å². The molecule has 1 saturated heterocycles. The molecule has 0 amide bonds. The summed E-state index contributed by atoms with van der Waals surface area (Å²) < 4.78 is 5.43. The molecule has 1 aliphatic carbocycles. The van der Waals surface area contributed by atoms with Crippen LogP contribution in [-0.4, -0.2) is 48.4 Å². The van der Waals surface area contributed by atoms with E-state index in [9.17, 15) is 0 Å². The van der Waals surface area contributed by atoms with E-state index in [1.54, 1.807) is 6.33 Å². The summed E-state index contributed by atoms with van der Waals surface area (Å²) >= 11 is 0. The SMILES string of the molecule is c1nc(NCCC2COCCN2)cc(NC2CC2)n1. The van der Waals surface area contributed by atoms with E-state index in [-0.39, 0.29) is 0 Å². The van der Waals surface area contributed by atoms with Gasteiger partial charge in [-0.2, -0.15) is 0 Å². The van der Waals surface area contributed by atoms with Gasteiger partial charge < -0.3 is 20.7 Å². The monoisotopic (exact) mass is 263 g/mol. The maximum Gasteiger partial charge on any atom is 0.131 e. The zero-order valence-electron chi connectivity index (χ0n) is 11.1. The zero-order valence-corrected chi connectivity index (χ0v) is 11.1. The van der Waals surface area contributed by atoms with Crippen molar-refractivity contribution in [1.82, 2.24) is 15.3 Å². The lowest BCUT2D eigenvalue weighted by molar-refractivity contribution is 0.0753. The third-order valence-electron chi connectivity index (χ3n) is 3.39. The number of nitrogens with one attached hydrogen (secondary N) is 3. The lowest BCUT2D eigenvalue weighted by Gasteiger charge is -2.23. The normalized spacial score (nSPS) is 23.1. The quantitative estimate of drug-likeness (QED) is 0.706. The van der Waals surface area contributed by atoms with Crippen LogP contribution in [0.2, 0.25) is 0 Å². The molecule has 1 aliphatic heterocycles. The Morgan fingerprint density at radius 1 is 1.32 bits per heavy atom. The number of anilines is 2.